The molecule has 0 unspecified atom stereocenters. The molecule has 1 aromatic heterocycles. The van der Waals surface area contributed by atoms with Crippen LogP contribution in [0.2, 0.25) is 0 Å². The van der Waals surface area contributed by atoms with Crippen LogP contribution in [-0.2, 0) is 29.6 Å². The van der Waals surface area contributed by atoms with Crippen LogP contribution < -0.4 is 4.74 Å². The maximum Gasteiger partial charge on any atom is 0.418 e. The molecule has 6 nitrogen and oxygen atoms in total. The van der Waals surface area contributed by atoms with Gasteiger partial charge in [-0.15, -0.1) is 11.8 Å². The third kappa shape index (κ3) is 5.76. The minimum atomic E-state index is -4.72. The molecule has 0 radical (unpaired) electrons. The first-order valence-corrected chi connectivity index (χ1v) is 15.9. The summed E-state index contributed by atoms with van der Waals surface area (Å²) < 4.78 is 67.2. The van der Waals surface area contributed by atoms with E-state index in [9.17, 15) is 22.2 Å². The standard InChI is InChI=1S/C29H28F3N3O3S2/c1-35-28(38-18-19-10-11-20-8-4-5-9-21(20)16-19)23(17-33-35)26(36)22-12-13-24(29(30,31)32)25(27(22)39-2)34-40(37)14-6-3-7-15-40/h4-5,8-13,16-17H,3,6-7,14-15,18H2,1-2H3. The molecule has 5 rings (SSSR count). The lowest BCUT2D eigenvalue weighted by Gasteiger charge is -2.20. The summed E-state index contributed by atoms with van der Waals surface area (Å²) in [5, 5.41) is 6.32. The van der Waals surface area contributed by atoms with E-state index in [1.165, 1.54) is 10.9 Å². The molecule has 1 aliphatic rings. The molecule has 0 atom stereocenters. The van der Waals surface area contributed by atoms with Crippen molar-refractivity contribution in [1.29, 1.82) is 0 Å². The van der Waals surface area contributed by atoms with Crippen molar-refractivity contribution in [1.82, 2.24) is 9.78 Å². The number of carbonyl (C=O) groups is 1. The van der Waals surface area contributed by atoms with Gasteiger partial charge in [0, 0.05) is 29.0 Å². The van der Waals surface area contributed by atoms with Gasteiger partial charge in [0.25, 0.3) is 0 Å². The maximum absolute atomic E-state index is 14.0. The summed E-state index contributed by atoms with van der Waals surface area (Å²) in [7, 11) is -1.24. The van der Waals surface area contributed by atoms with Gasteiger partial charge < -0.3 is 4.74 Å². The van der Waals surface area contributed by atoms with Crippen LogP contribution in [0, 0.1) is 0 Å². The highest BCUT2D eigenvalue weighted by Crippen LogP contribution is 2.45. The predicted octanol–water partition coefficient (Wildman–Crippen LogP) is 7.41. The lowest BCUT2D eigenvalue weighted by atomic mass is 10.0. The highest BCUT2D eigenvalue weighted by molar-refractivity contribution is 7.99. The van der Waals surface area contributed by atoms with Gasteiger partial charge in [-0.05, 0) is 53.6 Å². The Morgan fingerprint density at radius 2 is 1.77 bits per heavy atom. The van der Waals surface area contributed by atoms with Crippen LogP contribution in [0.1, 0.15) is 46.3 Å². The molecular weight excluding hydrogens is 559 g/mol. The number of carbonyl (C=O) groups excluding carboxylic acids is 1. The zero-order valence-electron chi connectivity index (χ0n) is 22.0. The molecule has 210 valence electrons. The Balaban J connectivity index is 1.53. The quantitative estimate of drug-likeness (QED) is 0.166. The number of benzene rings is 3. The van der Waals surface area contributed by atoms with E-state index in [0.29, 0.717) is 12.8 Å². The second kappa shape index (κ2) is 11.3. The lowest BCUT2D eigenvalue weighted by Crippen LogP contribution is -2.17. The highest BCUT2D eigenvalue weighted by atomic mass is 32.2. The number of nitrogens with zero attached hydrogens (tertiary/aromatic N) is 3. The molecule has 11 heteroatoms. The van der Waals surface area contributed by atoms with Gasteiger partial charge >= 0.3 is 6.18 Å². The van der Waals surface area contributed by atoms with Crippen molar-refractivity contribution in [3.8, 4) is 5.88 Å². The van der Waals surface area contributed by atoms with E-state index in [0.717, 1.165) is 46.7 Å². The average molecular weight is 588 g/mol. The van der Waals surface area contributed by atoms with E-state index in [2.05, 4.69) is 9.46 Å². The van der Waals surface area contributed by atoms with Crippen LogP contribution >= 0.6 is 11.8 Å². The zero-order valence-corrected chi connectivity index (χ0v) is 23.7. The molecule has 2 heterocycles. The molecule has 1 saturated heterocycles. The second-order valence-corrected chi connectivity index (χ2v) is 13.0. The van der Waals surface area contributed by atoms with E-state index in [4.69, 9.17) is 4.74 Å². The number of thioether (sulfide) groups is 1. The minimum absolute atomic E-state index is 0.0293. The molecule has 0 bridgehead atoms. The Kier molecular flexibility index (Phi) is 7.96. The van der Waals surface area contributed by atoms with Gasteiger partial charge in [0.05, 0.1) is 27.2 Å². The van der Waals surface area contributed by atoms with Gasteiger partial charge in [-0.25, -0.2) is 8.89 Å². The summed E-state index contributed by atoms with van der Waals surface area (Å²) in [6, 6.07) is 15.8. The largest absolute Gasteiger partial charge is 0.472 e. The van der Waals surface area contributed by atoms with Crippen LogP contribution in [0.3, 0.4) is 0 Å². The second-order valence-electron chi connectivity index (χ2n) is 9.66. The van der Waals surface area contributed by atoms with Crippen LogP contribution in [0.15, 0.2) is 70.1 Å². The first-order chi connectivity index (χ1) is 19.1. The molecule has 40 heavy (non-hydrogen) atoms. The molecule has 3 aromatic carbocycles. The summed E-state index contributed by atoms with van der Waals surface area (Å²) >= 11 is 0.978. The lowest BCUT2D eigenvalue weighted by molar-refractivity contribution is -0.137. The van der Waals surface area contributed by atoms with E-state index in [1.54, 1.807) is 13.3 Å². The van der Waals surface area contributed by atoms with E-state index in [-0.39, 0.29) is 40.0 Å². The van der Waals surface area contributed by atoms with Gasteiger partial charge in [0.2, 0.25) is 11.7 Å². The summed E-state index contributed by atoms with van der Waals surface area (Å²) in [6.45, 7) is 0.162. The van der Waals surface area contributed by atoms with Gasteiger partial charge in [-0.2, -0.15) is 22.6 Å². The number of hydrogen-bond acceptors (Lipinski definition) is 6. The highest BCUT2D eigenvalue weighted by Gasteiger charge is 2.37. The summed E-state index contributed by atoms with van der Waals surface area (Å²) in [6.07, 6.45) is 0.361. The molecule has 1 fully saturated rings. The third-order valence-corrected chi connectivity index (χ3v) is 10.1. The molecule has 4 aromatic rings. The Hall–Kier alpha value is -3.31. The summed E-state index contributed by atoms with van der Waals surface area (Å²) in [4.78, 5) is 13.8. The van der Waals surface area contributed by atoms with Crippen molar-refractivity contribution in [3.05, 3.63) is 83.0 Å². The number of ether oxygens (including phenoxy) is 1. The van der Waals surface area contributed by atoms with Crippen molar-refractivity contribution < 1.29 is 26.9 Å². The normalized spacial score (nSPS) is 15.2. The number of halogens is 3. The molecule has 0 amide bonds. The van der Waals surface area contributed by atoms with Gasteiger partial charge in [-0.3, -0.25) is 4.79 Å². The summed E-state index contributed by atoms with van der Waals surface area (Å²) in [5.41, 5.74) is -0.399. The smallest absolute Gasteiger partial charge is 0.418 e. The Labute approximate surface area is 235 Å². The summed E-state index contributed by atoms with van der Waals surface area (Å²) in [5.74, 6) is 0.133. The van der Waals surface area contributed by atoms with E-state index in [1.807, 2.05) is 42.5 Å². The maximum atomic E-state index is 14.0. The fraction of sp³-hybridized carbons (Fsp3) is 0.310. The number of aryl methyl sites for hydroxylation is 1. The van der Waals surface area contributed by atoms with Crippen molar-refractivity contribution in [2.24, 2.45) is 11.4 Å². The minimum Gasteiger partial charge on any atom is -0.472 e. The number of fused-ring (bicyclic) bond motifs is 1. The molecule has 0 N–H and O–H groups in total. The average Bonchev–Trinajstić information content (AvgIpc) is 3.30. The Morgan fingerprint density at radius 3 is 2.48 bits per heavy atom. The van der Waals surface area contributed by atoms with Crippen LogP contribution in [0.4, 0.5) is 18.9 Å². The van der Waals surface area contributed by atoms with Crippen LogP contribution in [-0.4, -0.2) is 37.5 Å². The first kappa shape index (κ1) is 28.2. The van der Waals surface area contributed by atoms with Gasteiger partial charge in [0.1, 0.15) is 12.2 Å². The van der Waals surface area contributed by atoms with Crippen molar-refractivity contribution in [2.45, 2.75) is 36.9 Å². The van der Waals surface area contributed by atoms with E-state index >= 15 is 0 Å². The monoisotopic (exact) mass is 587 g/mol. The molecule has 0 aliphatic carbocycles. The fourth-order valence-electron chi connectivity index (χ4n) is 4.85. The van der Waals surface area contributed by atoms with Crippen molar-refractivity contribution in [2.75, 3.05) is 17.8 Å². The van der Waals surface area contributed by atoms with Crippen molar-refractivity contribution in [3.63, 3.8) is 0 Å². The number of alkyl halides is 3. The Morgan fingerprint density at radius 1 is 1.05 bits per heavy atom. The molecule has 0 saturated carbocycles. The van der Waals surface area contributed by atoms with Crippen LogP contribution in [0.5, 0.6) is 5.88 Å². The topological polar surface area (TPSA) is 73.6 Å². The van der Waals surface area contributed by atoms with Crippen molar-refractivity contribution >= 4 is 43.7 Å². The fourth-order valence-corrected chi connectivity index (χ4v) is 7.85. The Bertz CT molecular complexity index is 1690. The molecular formula is C29H28F3N3O3S2. The molecule has 0 spiro atoms. The number of aromatic nitrogens is 2. The molecule has 1 aliphatic heterocycles. The predicted molar refractivity (Wildman–Crippen MR) is 152 cm³/mol. The zero-order chi connectivity index (χ0) is 28.5. The van der Waals surface area contributed by atoms with Gasteiger partial charge in [-0.1, -0.05) is 42.8 Å². The van der Waals surface area contributed by atoms with E-state index < -0.39 is 32.9 Å². The number of ketones is 1. The van der Waals surface area contributed by atoms with Crippen LogP contribution in [0.25, 0.3) is 10.8 Å². The first-order valence-electron chi connectivity index (χ1n) is 12.8. The van der Waals surface area contributed by atoms with Gasteiger partial charge in [0.15, 0.2) is 0 Å². The SMILES string of the molecule is CSc1c(C(=O)c2cnn(C)c2OCc2ccc3ccccc3c2)ccc(C(F)(F)F)c1N=S1(=O)CCCCC1. The number of rotatable bonds is 7. The number of hydrogen-bond donors (Lipinski definition) is 0. The third-order valence-electron chi connectivity index (χ3n) is 6.89.